The molecule has 0 fully saturated rings. The number of phenols is 1. The summed E-state index contributed by atoms with van der Waals surface area (Å²) in [5.41, 5.74) is 2.76. The van der Waals surface area contributed by atoms with Crippen molar-refractivity contribution in [2.75, 3.05) is 18.4 Å². The normalized spacial score (nSPS) is 10.3. The minimum Gasteiger partial charge on any atom is -0.508 e. The van der Waals surface area contributed by atoms with Crippen LogP contribution >= 0.6 is 0 Å². The Morgan fingerprint density at radius 2 is 2.00 bits per heavy atom. The van der Waals surface area contributed by atoms with Crippen molar-refractivity contribution >= 4 is 11.6 Å². The largest absolute Gasteiger partial charge is 0.508 e. The van der Waals surface area contributed by atoms with Crippen molar-refractivity contribution < 1.29 is 9.90 Å². The first-order chi connectivity index (χ1) is 11.7. The van der Waals surface area contributed by atoms with Gasteiger partial charge in [0.2, 0.25) is 0 Å². The lowest BCUT2D eigenvalue weighted by atomic mass is 10.1. The van der Waals surface area contributed by atoms with Crippen molar-refractivity contribution in [1.82, 2.24) is 20.5 Å². The van der Waals surface area contributed by atoms with E-state index in [-0.39, 0.29) is 11.7 Å². The second-order valence-corrected chi connectivity index (χ2v) is 5.14. The zero-order valence-electron chi connectivity index (χ0n) is 12.9. The molecule has 2 aromatic heterocycles. The fourth-order valence-corrected chi connectivity index (χ4v) is 2.16. The molecule has 0 atom stereocenters. The van der Waals surface area contributed by atoms with Gasteiger partial charge in [-0.3, -0.25) is 14.9 Å². The Morgan fingerprint density at radius 3 is 2.75 bits per heavy atom. The third-order valence-corrected chi connectivity index (χ3v) is 3.39. The summed E-state index contributed by atoms with van der Waals surface area (Å²) in [4.78, 5) is 16.1. The quantitative estimate of drug-likeness (QED) is 0.520. The Morgan fingerprint density at radius 1 is 1.17 bits per heavy atom. The summed E-state index contributed by atoms with van der Waals surface area (Å²) in [6, 6.07) is 12.1. The van der Waals surface area contributed by atoms with Crippen LogP contribution in [0.15, 0.2) is 54.9 Å². The number of H-pyrrole nitrogens is 1. The van der Waals surface area contributed by atoms with Crippen LogP contribution in [-0.4, -0.2) is 39.3 Å². The number of benzene rings is 1. The minimum atomic E-state index is -0.222. The lowest BCUT2D eigenvalue weighted by Gasteiger charge is -2.06. The van der Waals surface area contributed by atoms with E-state index in [2.05, 4.69) is 25.8 Å². The molecule has 0 aliphatic heterocycles. The summed E-state index contributed by atoms with van der Waals surface area (Å²) in [5, 5.41) is 22.1. The molecule has 0 saturated carbocycles. The van der Waals surface area contributed by atoms with E-state index in [9.17, 15) is 9.90 Å². The zero-order chi connectivity index (χ0) is 16.8. The maximum absolute atomic E-state index is 12.1. The second kappa shape index (κ2) is 7.28. The topological polar surface area (TPSA) is 103 Å². The van der Waals surface area contributed by atoms with Gasteiger partial charge in [0.25, 0.3) is 5.91 Å². The first kappa shape index (κ1) is 15.5. The van der Waals surface area contributed by atoms with Crippen molar-refractivity contribution in [1.29, 1.82) is 0 Å². The zero-order valence-corrected chi connectivity index (χ0v) is 12.9. The molecule has 0 unspecified atom stereocenters. The summed E-state index contributed by atoms with van der Waals surface area (Å²) < 4.78 is 0. The number of carbonyl (C=O) groups is 1. The number of aromatic nitrogens is 3. The van der Waals surface area contributed by atoms with Crippen LogP contribution in [0.4, 0.5) is 5.69 Å². The first-order valence-electron chi connectivity index (χ1n) is 7.49. The molecule has 2 heterocycles. The predicted octanol–water partition coefficient (Wildman–Crippen LogP) is 2.02. The highest BCUT2D eigenvalue weighted by Crippen LogP contribution is 2.20. The van der Waals surface area contributed by atoms with Crippen LogP contribution in [0, 0.1) is 0 Å². The Balaban J connectivity index is 1.51. The van der Waals surface area contributed by atoms with Crippen molar-refractivity contribution in [3.63, 3.8) is 0 Å². The number of carbonyl (C=O) groups excluding carboxylic acids is 1. The number of aromatic hydroxyl groups is 1. The highest BCUT2D eigenvalue weighted by Gasteiger charge is 2.10. The minimum absolute atomic E-state index is 0.188. The number of nitrogens with zero attached hydrogens (tertiary/aromatic N) is 2. The molecule has 3 aromatic rings. The smallest absolute Gasteiger partial charge is 0.269 e. The molecule has 24 heavy (non-hydrogen) atoms. The summed E-state index contributed by atoms with van der Waals surface area (Å²) in [7, 11) is 0. The third kappa shape index (κ3) is 3.89. The van der Waals surface area contributed by atoms with Gasteiger partial charge >= 0.3 is 0 Å². The summed E-state index contributed by atoms with van der Waals surface area (Å²) in [6.07, 6.45) is 3.43. The monoisotopic (exact) mass is 323 g/mol. The molecule has 0 spiro atoms. The molecule has 0 aliphatic carbocycles. The highest BCUT2D eigenvalue weighted by molar-refractivity contribution is 5.93. The predicted molar refractivity (Wildman–Crippen MR) is 90.7 cm³/mol. The molecule has 3 rings (SSSR count). The number of amides is 1. The Kier molecular flexibility index (Phi) is 4.71. The second-order valence-electron chi connectivity index (χ2n) is 5.14. The van der Waals surface area contributed by atoms with Crippen LogP contribution in [0.1, 0.15) is 10.5 Å². The first-order valence-corrected chi connectivity index (χ1v) is 7.49. The van der Waals surface area contributed by atoms with Crippen molar-refractivity contribution in [3.8, 4) is 17.0 Å². The van der Waals surface area contributed by atoms with Gasteiger partial charge in [-0.25, -0.2) is 0 Å². The number of aromatic amines is 1. The molecule has 0 radical (unpaired) electrons. The molecule has 0 aliphatic rings. The molecular weight excluding hydrogens is 306 g/mol. The molecule has 0 bridgehead atoms. The van der Waals surface area contributed by atoms with Crippen LogP contribution in [0.3, 0.4) is 0 Å². The number of pyridine rings is 1. The van der Waals surface area contributed by atoms with E-state index in [4.69, 9.17) is 0 Å². The van der Waals surface area contributed by atoms with Gasteiger partial charge in [-0.05, 0) is 42.5 Å². The summed E-state index contributed by atoms with van der Waals surface area (Å²) in [5.74, 6) is -0.0334. The van der Waals surface area contributed by atoms with E-state index in [1.54, 1.807) is 42.7 Å². The number of hydrogen-bond acceptors (Lipinski definition) is 5. The lowest BCUT2D eigenvalue weighted by molar-refractivity contribution is 0.0950. The molecule has 1 aromatic carbocycles. The van der Waals surface area contributed by atoms with Crippen LogP contribution in [-0.2, 0) is 0 Å². The van der Waals surface area contributed by atoms with E-state index in [1.165, 1.54) is 0 Å². The van der Waals surface area contributed by atoms with Gasteiger partial charge in [0, 0.05) is 31.0 Å². The van der Waals surface area contributed by atoms with Crippen molar-refractivity contribution in [2.24, 2.45) is 0 Å². The van der Waals surface area contributed by atoms with Crippen LogP contribution in [0.5, 0.6) is 5.75 Å². The highest BCUT2D eigenvalue weighted by atomic mass is 16.3. The Labute approximate surface area is 138 Å². The molecule has 7 nitrogen and oxygen atoms in total. The maximum Gasteiger partial charge on any atom is 0.269 e. The number of hydrogen-bond donors (Lipinski definition) is 4. The molecule has 7 heteroatoms. The standard InChI is InChI=1S/C17H17N5O2/c23-14-5-3-12(4-6-14)15-10-16(22-21-15)17(24)20-9-8-19-13-2-1-7-18-11-13/h1-7,10-11,19,23H,8-9H2,(H,20,24)(H,21,22). The van der Waals surface area contributed by atoms with Crippen LogP contribution < -0.4 is 10.6 Å². The molecule has 0 saturated heterocycles. The van der Waals surface area contributed by atoms with Gasteiger partial charge in [0.05, 0.1) is 11.4 Å². The van der Waals surface area contributed by atoms with Gasteiger partial charge in [-0.2, -0.15) is 5.10 Å². The fraction of sp³-hybridized carbons (Fsp3) is 0.118. The number of nitrogens with one attached hydrogen (secondary N) is 3. The Bertz CT molecular complexity index is 799. The van der Waals surface area contributed by atoms with Crippen LogP contribution in [0.25, 0.3) is 11.3 Å². The van der Waals surface area contributed by atoms with Gasteiger partial charge in [0.1, 0.15) is 11.4 Å². The van der Waals surface area contributed by atoms with E-state index in [1.807, 2.05) is 12.1 Å². The maximum atomic E-state index is 12.1. The molecule has 122 valence electrons. The van der Waals surface area contributed by atoms with Crippen LogP contribution in [0.2, 0.25) is 0 Å². The average Bonchev–Trinajstić information content (AvgIpc) is 3.10. The third-order valence-electron chi connectivity index (χ3n) is 3.39. The lowest BCUT2D eigenvalue weighted by Crippen LogP contribution is -2.29. The van der Waals surface area contributed by atoms with Gasteiger partial charge in [-0.15, -0.1) is 0 Å². The summed E-state index contributed by atoms with van der Waals surface area (Å²) >= 11 is 0. The number of phenolic OH excluding ortho intramolecular Hbond substituents is 1. The van der Waals surface area contributed by atoms with Gasteiger partial charge in [-0.1, -0.05) is 0 Å². The van der Waals surface area contributed by atoms with Crippen molar-refractivity contribution in [3.05, 3.63) is 60.6 Å². The number of rotatable bonds is 6. The molecular formula is C17H17N5O2. The van der Waals surface area contributed by atoms with Gasteiger partial charge in [0.15, 0.2) is 0 Å². The van der Waals surface area contributed by atoms with E-state index in [0.717, 1.165) is 11.3 Å². The van der Waals surface area contributed by atoms with Crippen molar-refractivity contribution in [2.45, 2.75) is 0 Å². The SMILES string of the molecule is O=C(NCCNc1cccnc1)c1cc(-c2ccc(O)cc2)n[nH]1. The van der Waals surface area contributed by atoms with Gasteiger partial charge < -0.3 is 15.7 Å². The number of anilines is 1. The molecule has 4 N–H and O–H groups in total. The fourth-order valence-electron chi connectivity index (χ4n) is 2.16. The average molecular weight is 323 g/mol. The Hall–Kier alpha value is -3.35. The van der Waals surface area contributed by atoms with E-state index < -0.39 is 0 Å². The molecule has 1 amide bonds. The summed E-state index contributed by atoms with van der Waals surface area (Å²) in [6.45, 7) is 1.07. The van der Waals surface area contributed by atoms with E-state index >= 15 is 0 Å². The van der Waals surface area contributed by atoms with E-state index in [0.29, 0.717) is 24.5 Å².